The minimum atomic E-state index is -0.293. The van der Waals surface area contributed by atoms with Gasteiger partial charge in [-0.05, 0) is 12.1 Å². The van der Waals surface area contributed by atoms with E-state index in [1.807, 2.05) is 36.4 Å². The second kappa shape index (κ2) is 6.10. The normalized spacial score (nSPS) is 13.8. The highest BCUT2D eigenvalue weighted by Crippen LogP contribution is 2.22. The second-order valence-electron chi connectivity index (χ2n) is 4.59. The minimum Gasteiger partial charge on any atom is -0.457 e. The summed E-state index contributed by atoms with van der Waals surface area (Å²) in [6.45, 7) is 0.0839. The standard InChI is InChI=1S/C16H12BrNO3/c17-13-7-5-11(6-8-13)15-9-14(21-18-15)10-20-16(19)12-3-1-2-4-12/h1-9,12H,10H2. The third-order valence-corrected chi connectivity index (χ3v) is 3.60. The van der Waals surface area contributed by atoms with Gasteiger partial charge in [0.25, 0.3) is 0 Å². The number of allylic oxidation sites excluding steroid dienone is 2. The summed E-state index contributed by atoms with van der Waals surface area (Å²) in [7, 11) is 0. The molecule has 0 atom stereocenters. The summed E-state index contributed by atoms with van der Waals surface area (Å²) in [5.74, 6) is -0.0623. The lowest BCUT2D eigenvalue weighted by atomic mass is 10.1. The fourth-order valence-corrected chi connectivity index (χ4v) is 2.23. The number of hydrogen-bond donors (Lipinski definition) is 0. The molecule has 0 spiro atoms. The summed E-state index contributed by atoms with van der Waals surface area (Å²) in [4.78, 5) is 11.7. The average molecular weight is 346 g/mol. The average Bonchev–Trinajstić information content (AvgIpc) is 3.17. The van der Waals surface area contributed by atoms with E-state index in [2.05, 4.69) is 21.1 Å². The fourth-order valence-electron chi connectivity index (χ4n) is 1.97. The number of esters is 1. The van der Waals surface area contributed by atoms with Gasteiger partial charge >= 0.3 is 5.97 Å². The predicted octanol–water partition coefficient (Wildman–Crippen LogP) is 3.89. The molecular weight excluding hydrogens is 334 g/mol. The van der Waals surface area contributed by atoms with Crippen LogP contribution in [0.3, 0.4) is 0 Å². The van der Waals surface area contributed by atoms with Crippen molar-refractivity contribution in [1.82, 2.24) is 5.16 Å². The molecule has 0 N–H and O–H groups in total. The molecule has 0 bridgehead atoms. The van der Waals surface area contributed by atoms with Gasteiger partial charge in [-0.1, -0.05) is 57.5 Å². The molecule has 2 aromatic rings. The van der Waals surface area contributed by atoms with Crippen molar-refractivity contribution in [1.29, 1.82) is 0 Å². The molecule has 106 valence electrons. The highest BCUT2D eigenvalue weighted by Gasteiger charge is 2.17. The van der Waals surface area contributed by atoms with Gasteiger partial charge in [0.1, 0.15) is 5.69 Å². The van der Waals surface area contributed by atoms with Crippen molar-refractivity contribution in [2.75, 3.05) is 0 Å². The number of rotatable bonds is 4. The lowest BCUT2D eigenvalue weighted by Gasteiger charge is -2.04. The minimum absolute atomic E-state index is 0.0839. The van der Waals surface area contributed by atoms with Gasteiger partial charge in [0.2, 0.25) is 0 Å². The predicted molar refractivity (Wildman–Crippen MR) is 81.2 cm³/mol. The van der Waals surface area contributed by atoms with Gasteiger partial charge in [-0.15, -0.1) is 0 Å². The van der Waals surface area contributed by atoms with Crippen molar-refractivity contribution >= 4 is 21.9 Å². The number of nitrogens with zero attached hydrogens (tertiary/aromatic N) is 1. The van der Waals surface area contributed by atoms with Gasteiger partial charge in [-0.3, -0.25) is 4.79 Å². The van der Waals surface area contributed by atoms with Gasteiger partial charge in [-0.25, -0.2) is 0 Å². The zero-order valence-electron chi connectivity index (χ0n) is 11.0. The van der Waals surface area contributed by atoms with Crippen LogP contribution in [0.5, 0.6) is 0 Å². The van der Waals surface area contributed by atoms with Crippen LogP contribution in [0.2, 0.25) is 0 Å². The van der Waals surface area contributed by atoms with Crippen molar-refractivity contribution in [3.8, 4) is 11.3 Å². The van der Waals surface area contributed by atoms with E-state index in [-0.39, 0.29) is 18.5 Å². The molecule has 0 radical (unpaired) electrons. The Morgan fingerprint density at radius 2 is 1.95 bits per heavy atom. The Morgan fingerprint density at radius 3 is 2.67 bits per heavy atom. The molecule has 21 heavy (non-hydrogen) atoms. The summed E-state index contributed by atoms with van der Waals surface area (Å²) >= 11 is 3.38. The van der Waals surface area contributed by atoms with Crippen molar-refractivity contribution in [2.24, 2.45) is 5.92 Å². The molecule has 1 aromatic heterocycles. The second-order valence-corrected chi connectivity index (χ2v) is 5.50. The van der Waals surface area contributed by atoms with Crippen molar-refractivity contribution in [3.63, 3.8) is 0 Å². The van der Waals surface area contributed by atoms with E-state index in [1.165, 1.54) is 0 Å². The van der Waals surface area contributed by atoms with E-state index in [1.54, 1.807) is 18.2 Å². The van der Waals surface area contributed by atoms with Crippen molar-refractivity contribution < 1.29 is 14.1 Å². The quantitative estimate of drug-likeness (QED) is 0.788. The maximum atomic E-state index is 11.7. The summed E-state index contributed by atoms with van der Waals surface area (Å²) < 4.78 is 11.4. The molecule has 4 nitrogen and oxygen atoms in total. The summed E-state index contributed by atoms with van der Waals surface area (Å²) in [5.41, 5.74) is 1.66. The Bertz CT molecular complexity index is 689. The SMILES string of the molecule is O=C(OCc1cc(-c2ccc(Br)cc2)no1)C1C=CC=C1. The van der Waals surface area contributed by atoms with Crippen LogP contribution < -0.4 is 0 Å². The molecule has 0 unspecified atom stereocenters. The first kappa shape index (κ1) is 13.8. The molecule has 0 saturated carbocycles. The highest BCUT2D eigenvalue weighted by atomic mass is 79.9. The van der Waals surface area contributed by atoms with E-state index in [9.17, 15) is 4.79 Å². The van der Waals surface area contributed by atoms with Crippen LogP contribution in [0, 0.1) is 5.92 Å². The van der Waals surface area contributed by atoms with Gasteiger partial charge in [-0.2, -0.15) is 0 Å². The van der Waals surface area contributed by atoms with E-state index in [0.717, 1.165) is 10.0 Å². The molecule has 1 aromatic carbocycles. The van der Waals surface area contributed by atoms with Crippen molar-refractivity contribution in [2.45, 2.75) is 6.61 Å². The zero-order valence-corrected chi connectivity index (χ0v) is 12.6. The Kier molecular flexibility index (Phi) is 4.01. The maximum absolute atomic E-state index is 11.7. The molecule has 1 heterocycles. The maximum Gasteiger partial charge on any atom is 0.317 e. The van der Waals surface area contributed by atoms with E-state index in [0.29, 0.717) is 11.5 Å². The van der Waals surface area contributed by atoms with Crippen LogP contribution in [-0.2, 0) is 16.1 Å². The molecule has 1 aliphatic carbocycles. The third-order valence-electron chi connectivity index (χ3n) is 3.08. The highest BCUT2D eigenvalue weighted by molar-refractivity contribution is 9.10. The first-order chi connectivity index (χ1) is 10.2. The lowest BCUT2D eigenvalue weighted by molar-refractivity contribution is -0.147. The van der Waals surface area contributed by atoms with Gasteiger partial charge in [0, 0.05) is 16.1 Å². The van der Waals surface area contributed by atoms with Gasteiger partial charge in [0.15, 0.2) is 12.4 Å². The first-order valence-corrected chi connectivity index (χ1v) is 7.25. The molecule has 0 aliphatic heterocycles. The van der Waals surface area contributed by atoms with E-state index in [4.69, 9.17) is 9.26 Å². The Morgan fingerprint density at radius 1 is 1.24 bits per heavy atom. The Balaban J connectivity index is 1.62. The molecular formula is C16H12BrNO3. The number of benzene rings is 1. The number of hydrogen-bond acceptors (Lipinski definition) is 4. The Labute approximate surface area is 130 Å². The van der Waals surface area contributed by atoms with Gasteiger partial charge in [0.05, 0.1) is 5.92 Å². The number of aromatic nitrogens is 1. The molecule has 5 heteroatoms. The van der Waals surface area contributed by atoms with Crippen LogP contribution in [0.1, 0.15) is 5.76 Å². The topological polar surface area (TPSA) is 52.3 Å². The molecule has 3 rings (SSSR count). The van der Waals surface area contributed by atoms with Crippen LogP contribution in [-0.4, -0.2) is 11.1 Å². The largest absolute Gasteiger partial charge is 0.457 e. The van der Waals surface area contributed by atoms with Crippen molar-refractivity contribution in [3.05, 3.63) is 64.9 Å². The van der Waals surface area contributed by atoms with Crippen LogP contribution in [0.25, 0.3) is 11.3 Å². The fraction of sp³-hybridized carbons (Fsp3) is 0.125. The smallest absolute Gasteiger partial charge is 0.317 e. The molecule has 0 amide bonds. The monoisotopic (exact) mass is 345 g/mol. The summed E-state index contributed by atoms with van der Waals surface area (Å²) in [6.07, 6.45) is 7.23. The molecule has 0 fully saturated rings. The number of ether oxygens (including phenoxy) is 1. The molecule has 1 aliphatic rings. The summed E-state index contributed by atoms with van der Waals surface area (Å²) in [6, 6.07) is 9.51. The lowest BCUT2D eigenvalue weighted by Crippen LogP contribution is -2.12. The number of carbonyl (C=O) groups is 1. The number of carbonyl (C=O) groups excluding carboxylic acids is 1. The summed E-state index contributed by atoms with van der Waals surface area (Å²) in [5, 5.41) is 3.98. The third kappa shape index (κ3) is 3.31. The Hall–Kier alpha value is -2.14. The van der Waals surface area contributed by atoms with Gasteiger partial charge < -0.3 is 9.26 Å². The van der Waals surface area contributed by atoms with Crippen LogP contribution >= 0.6 is 15.9 Å². The number of halogens is 1. The molecule has 0 saturated heterocycles. The van der Waals surface area contributed by atoms with E-state index >= 15 is 0 Å². The first-order valence-electron chi connectivity index (χ1n) is 6.45. The van der Waals surface area contributed by atoms with Crippen LogP contribution in [0.4, 0.5) is 0 Å². The van der Waals surface area contributed by atoms with E-state index < -0.39 is 0 Å². The van der Waals surface area contributed by atoms with Crippen LogP contribution in [0.15, 0.2) is 63.6 Å². The zero-order chi connectivity index (χ0) is 14.7.